The van der Waals surface area contributed by atoms with Crippen LogP contribution in [0.5, 0.6) is 0 Å². The molecule has 1 N–H and O–H groups in total. The van der Waals surface area contributed by atoms with Crippen LogP contribution in [0.1, 0.15) is 33.3 Å². The topological polar surface area (TPSA) is 79.0 Å². The van der Waals surface area contributed by atoms with E-state index in [1.54, 1.807) is 24.3 Å². The van der Waals surface area contributed by atoms with Crippen LogP contribution in [0.15, 0.2) is 29.2 Å². The number of morpholine rings is 1. The lowest BCUT2D eigenvalue weighted by Crippen LogP contribution is -2.49. The lowest BCUT2D eigenvalue weighted by Gasteiger charge is -2.34. The summed E-state index contributed by atoms with van der Waals surface area (Å²) in [5.41, 5.74) is 0.866. The Balaban J connectivity index is 1.88. The first-order chi connectivity index (χ1) is 12.8. The van der Waals surface area contributed by atoms with Crippen LogP contribution in [0.3, 0.4) is 0 Å². The number of rotatable bonds is 8. The van der Waals surface area contributed by atoms with Gasteiger partial charge >= 0.3 is 0 Å². The lowest BCUT2D eigenvalue weighted by molar-refractivity contribution is -0.126. The van der Waals surface area contributed by atoms with E-state index in [4.69, 9.17) is 4.74 Å². The van der Waals surface area contributed by atoms with Crippen molar-refractivity contribution < 1.29 is 17.9 Å². The molecular weight excluding hydrogens is 366 g/mol. The van der Waals surface area contributed by atoms with Crippen molar-refractivity contribution in [1.82, 2.24) is 14.5 Å². The third kappa shape index (κ3) is 6.00. The van der Waals surface area contributed by atoms with Crippen molar-refractivity contribution in [3.05, 3.63) is 29.8 Å². The number of carbonyl (C=O) groups is 1. The van der Waals surface area contributed by atoms with Crippen LogP contribution in [0.2, 0.25) is 0 Å². The molecular formula is C19H31N3O4S. The summed E-state index contributed by atoms with van der Waals surface area (Å²) in [4.78, 5) is 14.6. The minimum absolute atomic E-state index is 0.0452. The van der Waals surface area contributed by atoms with Crippen LogP contribution in [0.25, 0.3) is 0 Å². The van der Waals surface area contributed by atoms with Gasteiger partial charge in [0.05, 0.1) is 23.6 Å². The summed E-state index contributed by atoms with van der Waals surface area (Å²) >= 11 is 0. The second-order valence-corrected chi connectivity index (χ2v) is 8.90. The van der Waals surface area contributed by atoms with E-state index >= 15 is 0 Å². The number of amides is 1. The Kier molecular flexibility index (Phi) is 7.79. The van der Waals surface area contributed by atoms with Gasteiger partial charge in [-0.05, 0) is 31.5 Å². The molecule has 1 aromatic rings. The molecule has 1 aromatic carbocycles. The molecule has 1 aliphatic heterocycles. The zero-order chi connectivity index (χ0) is 20.0. The van der Waals surface area contributed by atoms with Crippen molar-refractivity contribution in [3.8, 4) is 0 Å². The highest BCUT2D eigenvalue weighted by Gasteiger charge is 2.24. The molecule has 0 saturated carbocycles. The molecule has 2 atom stereocenters. The minimum Gasteiger partial charge on any atom is -0.373 e. The molecule has 0 aliphatic carbocycles. The van der Waals surface area contributed by atoms with E-state index in [0.717, 1.165) is 18.7 Å². The van der Waals surface area contributed by atoms with Gasteiger partial charge in [0, 0.05) is 32.7 Å². The van der Waals surface area contributed by atoms with Crippen molar-refractivity contribution >= 4 is 15.9 Å². The van der Waals surface area contributed by atoms with Gasteiger partial charge in [-0.15, -0.1) is 0 Å². The predicted octanol–water partition coefficient (Wildman–Crippen LogP) is 1.44. The van der Waals surface area contributed by atoms with Crippen molar-refractivity contribution in [2.24, 2.45) is 0 Å². The molecule has 27 heavy (non-hydrogen) atoms. The number of sulfonamides is 1. The van der Waals surface area contributed by atoms with Crippen LogP contribution >= 0.6 is 0 Å². The average molecular weight is 398 g/mol. The Hall–Kier alpha value is -1.48. The highest BCUT2D eigenvalue weighted by molar-refractivity contribution is 7.89. The van der Waals surface area contributed by atoms with Gasteiger partial charge in [-0.2, -0.15) is 4.31 Å². The van der Waals surface area contributed by atoms with Crippen molar-refractivity contribution in [2.75, 3.05) is 32.7 Å². The van der Waals surface area contributed by atoms with Crippen LogP contribution in [0, 0.1) is 0 Å². The molecule has 1 aliphatic rings. The number of benzene rings is 1. The van der Waals surface area contributed by atoms with Crippen LogP contribution < -0.4 is 5.32 Å². The van der Waals surface area contributed by atoms with Gasteiger partial charge in [-0.3, -0.25) is 9.69 Å². The zero-order valence-electron chi connectivity index (χ0n) is 16.6. The smallest absolute Gasteiger partial charge is 0.243 e. The Labute approximate surface area is 162 Å². The van der Waals surface area contributed by atoms with Gasteiger partial charge in [0.25, 0.3) is 0 Å². The zero-order valence-corrected chi connectivity index (χ0v) is 17.5. The number of carbonyl (C=O) groups excluding carboxylic acids is 1. The largest absolute Gasteiger partial charge is 0.373 e. The maximum Gasteiger partial charge on any atom is 0.243 e. The number of hydrogen-bond donors (Lipinski definition) is 1. The summed E-state index contributed by atoms with van der Waals surface area (Å²) < 4.78 is 32.1. The van der Waals surface area contributed by atoms with Crippen LogP contribution in [0.4, 0.5) is 0 Å². The van der Waals surface area contributed by atoms with Crippen LogP contribution in [-0.4, -0.2) is 68.5 Å². The quantitative estimate of drug-likeness (QED) is 0.718. The standard InChI is InChI=1S/C19H31N3O4S/c1-5-22(6-2)27(24,25)18-9-7-17(8-10-18)11-20-19(23)14-21-12-15(3)26-16(4)13-21/h7-10,15-16H,5-6,11-14H2,1-4H3,(H,20,23)/t15-,16+. The van der Waals surface area contributed by atoms with Gasteiger partial charge < -0.3 is 10.1 Å². The van der Waals surface area contributed by atoms with Crippen molar-refractivity contribution in [3.63, 3.8) is 0 Å². The monoisotopic (exact) mass is 397 g/mol. The average Bonchev–Trinajstić information content (AvgIpc) is 2.60. The fourth-order valence-electron chi connectivity index (χ4n) is 3.37. The third-order valence-electron chi connectivity index (χ3n) is 4.62. The van der Waals surface area contributed by atoms with Gasteiger partial charge in [0.15, 0.2) is 0 Å². The summed E-state index contributed by atoms with van der Waals surface area (Å²) in [6, 6.07) is 6.69. The van der Waals surface area contributed by atoms with E-state index in [9.17, 15) is 13.2 Å². The number of ether oxygens (including phenoxy) is 1. The first kappa shape index (κ1) is 21.8. The first-order valence-electron chi connectivity index (χ1n) is 9.49. The second kappa shape index (κ2) is 9.64. The molecule has 7 nitrogen and oxygen atoms in total. The van der Waals surface area contributed by atoms with Gasteiger partial charge in [-0.25, -0.2) is 8.42 Å². The van der Waals surface area contributed by atoms with Crippen molar-refractivity contribution in [2.45, 2.75) is 51.3 Å². The van der Waals surface area contributed by atoms with Gasteiger partial charge in [0.2, 0.25) is 15.9 Å². The number of nitrogens with one attached hydrogen (secondary N) is 1. The molecule has 152 valence electrons. The molecule has 0 bridgehead atoms. The molecule has 0 unspecified atom stereocenters. The summed E-state index contributed by atoms with van der Waals surface area (Å²) in [5, 5.41) is 2.90. The minimum atomic E-state index is -3.45. The van der Waals surface area contributed by atoms with Gasteiger partial charge in [0.1, 0.15) is 0 Å². The van der Waals surface area contributed by atoms with Crippen molar-refractivity contribution in [1.29, 1.82) is 0 Å². The Morgan fingerprint density at radius 3 is 2.22 bits per heavy atom. The Bertz CT molecular complexity index is 707. The molecule has 1 amide bonds. The molecule has 1 fully saturated rings. The Morgan fingerprint density at radius 1 is 1.15 bits per heavy atom. The summed E-state index contributed by atoms with van der Waals surface area (Å²) in [6.45, 7) is 10.7. The van der Waals surface area contributed by atoms with E-state index in [-0.39, 0.29) is 23.0 Å². The fraction of sp³-hybridized carbons (Fsp3) is 0.632. The maximum absolute atomic E-state index is 12.5. The van der Waals surface area contributed by atoms with E-state index in [1.165, 1.54) is 4.31 Å². The van der Waals surface area contributed by atoms with E-state index in [1.807, 2.05) is 27.7 Å². The normalized spacial score (nSPS) is 21.4. The summed E-state index contributed by atoms with van der Waals surface area (Å²) in [6.07, 6.45) is 0.253. The molecule has 1 saturated heterocycles. The van der Waals surface area contributed by atoms with Gasteiger partial charge in [-0.1, -0.05) is 26.0 Å². The van der Waals surface area contributed by atoms with E-state index in [0.29, 0.717) is 26.2 Å². The predicted molar refractivity (Wildman–Crippen MR) is 105 cm³/mol. The third-order valence-corrected chi connectivity index (χ3v) is 6.68. The highest BCUT2D eigenvalue weighted by atomic mass is 32.2. The molecule has 8 heteroatoms. The second-order valence-electron chi connectivity index (χ2n) is 6.96. The number of nitrogens with zero attached hydrogens (tertiary/aromatic N) is 2. The molecule has 2 rings (SSSR count). The SMILES string of the molecule is CCN(CC)S(=O)(=O)c1ccc(CNC(=O)CN2C[C@@H](C)O[C@@H](C)C2)cc1. The first-order valence-corrected chi connectivity index (χ1v) is 10.9. The van der Waals surface area contributed by atoms with E-state index in [2.05, 4.69) is 10.2 Å². The summed E-state index contributed by atoms with van der Waals surface area (Å²) in [5.74, 6) is -0.0452. The molecule has 1 heterocycles. The molecule has 0 spiro atoms. The molecule has 0 aromatic heterocycles. The Morgan fingerprint density at radius 2 is 1.70 bits per heavy atom. The maximum atomic E-state index is 12.5. The highest BCUT2D eigenvalue weighted by Crippen LogP contribution is 2.16. The van der Waals surface area contributed by atoms with E-state index < -0.39 is 10.0 Å². The molecule has 0 radical (unpaired) electrons. The number of hydrogen-bond acceptors (Lipinski definition) is 5. The fourth-order valence-corrected chi connectivity index (χ4v) is 4.82. The summed E-state index contributed by atoms with van der Waals surface area (Å²) in [7, 11) is -3.45. The lowest BCUT2D eigenvalue weighted by atomic mass is 10.2. The van der Waals surface area contributed by atoms with Crippen LogP contribution in [-0.2, 0) is 26.1 Å².